The molecular weight excluding hydrogens is 271 g/mol. The van der Waals surface area contributed by atoms with Crippen molar-refractivity contribution in [3.05, 3.63) is 36.3 Å². The molecule has 0 radical (unpaired) electrons. The fourth-order valence-electron chi connectivity index (χ4n) is 1.84. The Morgan fingerprint density at radius 2 is 2.00 bits per heavy atom. The summed E-state index contributed by atoms with van der Waals surface area (Å²) in [7, 11) is 3.37. The highest BCUT2D eigenvalue weighted by Crippen LogP contribution is 2.26. The molecule has 2 aromatic rings. The van der Waals surface area contributed by atoms with E-state index in [1.54, 1.807) is 19.1 Å². The molecule has 1 aromatic heterocycles. The first-order valence-corrected chi connectivity index (χ1v) is 6.80. The van der Waals surface area contributed by atoms with Crippen LogP contribution in [0.3, 0.4) is 0 Å². The monoisotopic (exact) mass is 290 g/mol. The molecule has 1 heterocycles. The van der Waals surface area contributed by atoms with E-state index in [9.17, 15) is 4.39 Å². The van der Waals surface area contributed by atoms with Gasteiger partial charge in [0.1, 0.15) is 5.75 Å². The Bertz CT molecular complexity index is 589. The third kappa shape index (κ3) is 3.59. The lowest BCUT2D eigenvalue weighted by Crippen LogP contribution is -2.15. The molecule has 1 aromatic carbocycles. The van der Waals surface area contributed by atoms with E-state index in [2.05, 4.69) is 15.3 Å². The predicted octanol–water partition coefficient (Wildman–Crippen LogP) is 3.21. The molecule has 112 valence electrons. The standard InChI is InChI=1S/C15H19FN4O/c1-4-9-17-15-18-10-13(16)14(19-15)20(2)11-5-7-12(21-3)8-6-11/h5-8,10H,4,9H2,1-3H3,(H,17,18,19). The van der Waals surface area contributed by atoms with Crippen LogP contribution in [0.15, 0.2) is 30.5 Å². The number of aromatic nitrogens is 2. The molecule has 0 saturated carbocycles. The van der Waals surface area contributed by atoms with Gasteiger partial charge in [-0.25, -0.2) is 9.37 Å². The number of anilines is 3. The van der Waals surface area contributed by atoms with Gasteiger partial charge in [-0.1, -0.05) is 6.92 Å². The number of methoxy groups -OCH3 is 1. The molecule has 0 spiro atoms. The molecule has 2 rings (SSSR count). The average molecular weight is 290 g/mol. The zero-order chi connectivity index (χ0) is 15.2. The Morgan fingerprint density at radius 1 is 1.29 bits per heavy atom. The molecule has 6 heteroatoms. The van der Waals surface area contributed by atoms with Crippen LogP contribution in [-0.4, -0.2) is 30.7 Å². The molecule has 0 saturated heterocycles. The fourth-order valence-corrected chi connectivity index (χ4v) is 1.84. The van der Waals surface area contributed by atoms with Gasteiger partial charge in [0.25, 0.3) is 0 Å². The highest BCUT2D eigenvalue weighted by molar-refractivity contribution is 5.61. The summed E-state index contributed by atoms with van der Waals surface area (Å²) in [4.78, 5) is 9.84. The minimum atomic E-state index is -0.463. The van der Waals surface area contributed by atoms with Crippen molar-refractivity contribution in [3.8, 4) is 5.75 Å². The average Bonchev–Trinajstić information content (AvgIpc) is 2.53. The van der Waals surface area contributed by atoms with Gasteiger partial charge in [-0.15, -0.1) is 0 Å². The zero-order valence-corrected chi connectivity index (χ0v) is 12.4. The van der Waals surface area contributed by atoms with Gasteiger partial charge in [-0.3, -0.25) is 0 Å². The lowest BCUT2D eigenvalue weighted by molar-refractivity contribution is 0.415. The molecule has 1 N–H and O–H groups in total. The topological polar surface area (TPSA) is 50.3 Å². The number of halogens is 1. The van der Waals surface area contributed by atoms with Gasteiger partial charge in [-0.2, -0.15) is 4.98 Å². The van der Waals surface area contributed by atoms with E-state index >= 15 is 0 Å². The molecular formula is C15H19FN4O. The Balaban J connectivity index is 2.25. The largest absolute Gasteiger partial charge is 0.497 e. The Morgan fingerprint density at radius 3 is 2.62 bits per heavy atom. The van der Waals surface area contributed by atoms with Crippen LogP contribution in [0.1, 0.15) is 13.3 Å². The summed E-state index contributed by atoms with van der Waals surface area (Å²) < 4.78 is 19.1. The van der Waals surface area contributed by atoms with Crippen molar-refractivity contribution in [2.24, 2.45) is 0 Å². The maximum absolute atomic E-state index is 14.0. The van der Waals surface area contributed by atoms with Gasteiger partial charge in [-0.05, 0) is 30.7 Å². The quantitative estimate of drug-likeness (QED) is 0.885. The normalized spacial score (nSPS) is 10.3. The van der Waals surface area contributed by atoms with Crippen LogP contribution in [0.5, 0.6) is 5.75 Å². The van der Waals surface area contributed by atoms with Crippen molar-refractivity contribution in [1.29, 1.82) is 0 Å². The van der Waals surface area contributed by atoms with Gasteiger partial charge in [0.2, 0.25) is 5.95 Å². The first kappa shape index (κ1) is 15.0. The van der Waals surface area contributed by atoms with Crippen molar-refractivity contribution in [1.82, 2.24) is 9.97 Å². The van der Waals surface area contributed by atoms with Gasteiger partial charge in [0.05, 0.1) is 13.3 Å². The number of ether oxygens (including phenoxy) is 1. The van der Waals surface area contributed by atoms with Crippen LogP contribution >= 0.6 is 0 Å². The molecule has 0 aliphatic rings. The zero-order valence-electron chi connectivity index (χ0n) is 12.4. The highest BCUT2D eigenvalue weighted by Gasteiger charge is 2.13. The second-order valence-electron chi connectivity index (χ2n) is 4.55. The number of rotatable bonds is 6. The van der Waals surface area contributed by atoms with Crippen LogP contribution in [0.25, 0.3) is 0 Å². The maximum Gasteiger partial charge on any atom is 0.224 e. The predicted molar refractivity (Wildman–Crippen MR) is 81.8 cm³/mol. The third-order valence-corrected chi connectivity index (χ3v) is 3.04. The Hall–Kier alpha value is -2.37. The van der Waals surface area contributed by atoms with E-state index in [0.29, 0.717) is 5.95 Å². The van der Waals surface area contributed by atoms with Crippen LogP contribution in [0.4, 0.5) is 21.8 Å². The van der Waals surface area contributed by atoms with E-state index in [1.807, 2.05) is 31.2 Å². The number of nitrogens with zero attached hydrogens (tertiary/aromatic N) is 3. The summed E-state index contributed by atoms with van der Waals surface area (Å²) in [6.45, 7) is 2.79. The molecule has 21 heavy (non-hydrogen) atoms. The lowest BCUT2D eigenvalue weighted by atomic mass is 10.3. The summed E-state index contributed by atoms with van der Waals surface area (Å²) in [5.41, 5.74) is 0.815. The molecule has 0 aliphatic carbocycles. The van der Waals surface area contributed by atoms with Crippen LogP contribution in [0, 0.1) is 5.82 Å². The van der Waals surface area contributed by atoms with E-state index < -0.39 is 5.82 Å². The van der Waals surface area contributed by atoms with E-state index in [4.69, 9.17) is 4.74 Å². The van der Waals surface area contributed by atoms with Crippen molar-refractivity contribution in [2.45, 2.75) is 13.3 Å². The molecule has 0 aliphatic heterocycles. The summed E-state index contributed by atoms with van der Waals surface area (Å²) in [6.07, 6.45) is 2.13. The van der Waals surface area contributed by atoms with Crippen molar-refractivity contribution >= 4 is 17.5 Å². The SMILES string of the molecule is CCCNc1ncc(F)c(N(C)c2ccc(OC)cc2)n1. The van der Waals surface area contributed by atoms with Gasteiger partial charge >= 0.3 is 0 Å². The van der Waals surface area contributed by atoms with Crippen molar-refractivity contribution < 1.29 is 9.13 Å². The summed E-state index contributed by atoms with van der Waals surface area (Å²) in [6, 6.07) is 7.33. The number of hydrogen-bond donors (Lipinski definition) is 1. The van der Waals surface area contributed by atoms with Crippen molar-refractivity contribution in [3.63, 3.8) is 0 Å². The third-order valence-electron chi connectivity index (χ3n) is 3.04. The van der Waals surface area contributed by atoms with E-state index in [0.717, 1.165) is 24.4 Å². The molecule has 0 unspecified atom stereocenters. The van der Waals surface area contributed by atoms with Crippen LogP contribution in [-0.2, 0) is 0 Å². The first-order valence-electron chi connectivity index (χ1n) is 6.80. The number of nitrogens with one attached hydrogen (secondary N) is 1. The minimum Gasteiger partial charge on any atom is -0.497 e. The first-order chi connectivity index (χ1) is 10.2. The smallest absolute Gasteiger partial charge is 0.224 e. The molecule has 0 fully saturated rings. The summed E-state index contributed by atoms with van der Waals surface area (Å²) in [5.74, 6) is 0.943. The van der Waals surface area contributed by atoms with Crippen LogP contribution in [0.2, 0.25) is 0 Å². The van der Waals surface area contributed by atoms with Crippen molar-refractivity contribution in [2.75, 3.05) is 30.9 Å². The number of hydrogen-bond acceptors (Lipinski definition) is 5. The Kier molecular flexibility index (Phi) is 4.92. The molecule has 5 nitrogen and oxygen atoms in total. The van der Waals surface area contributed by atoms with Gasteiger partial charge in [0, 0.05) is 19.3 Å². The second-order valence-corrected chi connectivity index (χ2v) is 4.55. The number of benzene rings is 1. The van der Waals surface area contributed by atoms with E-state index in [-0.39, 0.29) is 5.82 Å². The summed E-state index contributed by atoms with van der Waals surface area (Å²) in [5, 5.41) is 3.05. The molecule has 0 bridgehead atoms. The lowest BCUT2D eigenvalue weighted by Gasteiger charge is -2.19. The molecule has 0 atom stereocenters. The highest BCUT2D eigenvalue weighted by atomic mass is 19.1. The fraction of sp³-hybridized carbons (Fsp3) is 0.333. The Labute approximate surface area is 123 Å². The minimum absolute atomic E-state index is 0.230. The summed E-state index contributed by atoms with van der Waals surface area (Å²) >= 11 is 0. The van der Waals surface area contributed by atoms with E-state index in [1.165, 1.54) is 6.20 Å². The van der Waals surface area contributed by atoms with Crippen LogP contribution < -0.4 is 15.0 Å². The second kappa shape index (κ2) is 6.88. The molecule has 0 amide bonds. The van der Waals surface area contributed by atoms with Gasteiger partial charge in [0.15, 0.2) is 11.6 Å². The van der Waals surface area contributed by atoms with Gasteiger partial charge < -0.3 is 15.0 Å². The maximum atomic E-state index is 14.0.